The number of nitrogens with zero attached hydrogens (tertiary/aromatic N) is 2. The third-order valence-corrected chi connectivity index (χ3v) is 4.15. The molecule has 0 aliphatic carbocycles. The van der Waals surface area contributed by atoms with E-state index >= 15 is 0 Å². The number of halogens is 2. The molecule has 3 aromatic rings. The van der Waals surface area contributed by atoms with E-state index in [1.54, 1.807) is 18.2 Å². The Kier molecular flexibility index (Phi) is 4.86. The summed E-state index contributed by atoms with van der Waals surface area (Å²) in [6.45, 7) is 0. The molecule has 0 saturated carbocycles. The lowest BCUT2D eigenvalue weighted by molar-refractivity contribution is -0.387. The highest BCUT2D eigenvalue weighted by Gasteiger charge is 2.16. The van der Waals surface area contributed by atoms with Crippen LogP contribution in [0.1, 0.15) is 0 Å². The zero-order valence-corrected chi connectivity index (χ0v) is 13.9. The van der Waals surface area contributed by atoms with Gasteiger partial charge in [0.15, 0.2) is 5.58 Å². The largest absolute Gasteiger partial charge is 0.431 e. The number of carbonyl (C=O) groups excluding carboxylic acids is 1. The Hall–Kier alpha value is -2.65. The number of nitro benzene ring substituents is 1. The zero-order chi connectivity index (χ0) is 18.0. The van der Waals surface area contributed by atoms with Crippen molar-refractivity contribution < 1.29 is 18.5 Å². The molecule has 1 amide bonds. The van der Waals surface area contributed by atoms with Gasteiger partial charge in [-0.25, -0.2) is 4.98 Å². The van der Waals surface area contributed by atoms with Crippen LogP contribution in [0.5, 0.6) is 0 Å². The molecule has 1 N–H and O–H groups in total. The van der Waals surface area contributed by atoms with E-state index in [1.165, 1.54) is 6.07 Å². The molecule has 0 saturated heterocycles. The molecule has 128 valence electrons. The van der Waals surface area contributed by atoms with Crippen molar-refractivity contribution in [3.8, 4) is 0 Å². The van der Waals surface area contributed by atoms with Gasteiger partial charge >= 0.3 is 5.69 Å². The fourth-order valence-corrected chi connectivity index (χ4v) is 2.80. The minimum Gasteiger partial charge on any atom is -0.431 e. The third kappa shape index (κ3) is 4.06. The highest BCUT2D eigenvalue weighted by molar-refractivity contribution is 7.99. The molecule has 0 atom stereocenters. The lowest BCUT2D eigenvalue weighted by Crippen LogP contribution is -2.14. The van der Waals surface area contributed by atoms with E-state index in [9.17, 15) is 19.3 Å². The van der Waals surface area contributed by atoms with Gasteiger partial charge in [0.05, 0.1) is 10.7 Å². The number of benzene rings is 2. The Bertz CT molecular complexity index is 979. The third-order valence-electron chi connectivity index (χ3n) is 3.08. The normalized spacial score (nSPS) is 10.8. The Morgan fingerprint density at radius 2 is 2.16 bits per heavy atom. The van der Waals surface area contributed by atoms with Crippen LogP contribution in [0.3, 0.4) is 0 Å². The number of nitrogens with one attached hydrogen (secondary N) is 1. The number of anilines is 1. The van der Waals surface area contributed by atoms with Crippen molar-refractivity contribution in [3.05, 3.63) is 57.4 Å². The van der Waals surface area contributed by atoms with Gasteiger partial charge < -0.3 is 9.73 Å². The van der Waals surface area contributed by atoms with E-state index in [0.717, 1.165) is 23.9 Å². The highest BCUT2D eigenvalue weighted by atomic mass is 35.5. The molecule has 0 fully saturated rings. The summed E-state index contributed by atoms with van der Waals surface area (Å²) in [5.41, 5.74) is 0.537. The Morgan fingerprint density at radius 1 is 1.36 bits per heavy atom. The number of aromatic nitrogens is 1. The van der Waals surface area contributed by atoms with Crippen LogP contribution in [-0.4, -0.2) is 21.6 Å². The van der Waals surface area contributed by atoms with Crippen LogP contribution in [0.25, 0.3) is 11.1 Å². The van der Waals surface area contributed by atoms with Gasteiger partial charge in [-0.05, 0) is 30.3 Å². The summed E-state index contributed by atoms with van der Waals surface area (Å²) in [6.07, 6.45) is 0. The van der Waals surface area contributed by atoms with Crippen LogP contribution < -0.4 is 5.32 Å². The Morgan fingerprint density at radius 3 is 2.92 bits per heavy atom. The van der Waals surface area contributed by atoms with Crippen molar-refractivity contribution in [2.75, 3.05) is 11.1 Å². The molecule has 0 aliphatic heterocycles. The molecule has 0 radical (unpaired) electrons. The summed E-state index contributed by atoms with van der Waals surface area (Å²) in [6, 6.07) is 8.10. The van der Waals surface area contributed by atoms with Gasteiger partial charge in [-0.2, -0.15) is 4.39 Å². The zero-order valence-electron chi connectivity index (χ0n) is 12.4. The number of hydrogen-bond acceptors (Lipinski definition) is 6. The quantitative estimate of drug-likeness (QED) is 0.403. The minimum absolute atomic E-state index is 0.0360. The van der Waals surface area contributed by atoms with Crippen molar-refractivity contribution in [3.63, 3.8) is 0 Å². The van der Waals surface area contributed by atoms with Gasteiger partial charge in [-0.3, -0.25) is 14.9 Å². The number of carbonyl (C=O) groups is 1. The second-order valence-electron chi connectivity index (χ2n) is 4.85. The van der Waals surface area contributed by atoms with Gasteiger partial charge in [-0.1, -0.05) is 23.4 Å². The standard InChI is InChI=1S/C15H9ClFN3O4S/c16-8-1-4-13-11(5-8)19-15(24-13)25-7-14(21)18-9-2-3-10(17)12(6-9)20(22)23/h1-6H,7H2,(H,18,21). The number of thioether (sulfide) groups is 1. The average Bonchev–Trinajstić information content (AvgIpc) is 2.96. The van der Waals surface area contributed by atoms with Crippen molar-refractivity contribution in [2.24, 2.45) is 0 Å². The fraction of sp³-hybridized carbons (Fsp3) is 0.0667. The van der Waals surface area contributed by atoms with Crippen molar-refractivity contribution in [1.82, 2.24) is 4.98 Å². The van der Waals surface area contributed by atoms with Crippen molar-refractivity contribution in [2.45, 2.75) is 5.22 Å². The molecular weight excluding hydrogens is 373 g/mol. The topological polar surface area (TPSA) is 98.3 Å². The maximum Gasteiger partial charge on any atom is 0.306 e. The molecule has 3 rings (SSSR count). The molecule has 2 aromatic carbocycles. The summed E-state index contributed by atoms with van der Waals surface area (Å²) in [5.74, 6) is -1.44. The molecule has 0 aliphatic rings. The summed E-state index contributed by atoms with van der Waals surface area (Å²) in [4.78, 5) is 26.0. The van der Waals surface area contributed by atoms with Crippen LogP contribution >= 0.6 is 23.4 Å². The number of hydrogen-bond donors (Lipinski definition) is 1. The van der Waals surface area contributed by atoms with E-state index in [1.807, 2.05) is 0 Å². The van der Waals surface area contributed by atoms with E-state index in [-0.39, 0.29) is 16.7 Å². The van der Waals surface area contributed by atoms with Gasteiger partial charge in [0.25, 0.3) is 5.22 Å². The predicted molar refractivity (Wildman–Crippen MR) is 91.4 cm³/mol. The van der Waals surface area contributed by atoms with Gasteiger partial charge in [0.2, 0.25) is 11.7 Å². The minimum atomic E-state index is -0.970. The van der Waals surface area contributed by atoms with Gasteiger partial charge in [0, 0.05) is 16.8 Å². The van der Waals surface area contributed by atoms with Gasteiger partial charge in [0.1, 0.15) is 5.52 Å². The molecular formula is C15H9ClFN3O4S. The van der Waals surface area contributed by atoms with E-state index in [0.29, 0.717) is 16.1 Å². The smallest absolute Gasteiger partial charge is 0.306 e. The second-order valence-corrected chi connectivity index (χ2v) is 6.21. The van der Waals surface area contributed by atoms with Crippen LogP contribution in [0.4, 0.5) is 15.8 Å². The number of nitro groups is 1. The molecule has 7 nitrogen and oxygen atoms in total. The van der Waals surface area contributed by atoms with E-state index in [4.69, 9.17) is 16.0 Å². The molecule has 0 bridgehead atoms. The van der Waals surface area contributed by atoms with Crippen LogP contribution in [0.15, 0.2) is 46.0 Å². The molecule has 25 heavy (non-hydrogen) atoms. The summed E-state index contributed by atoms with van der Waals surface area (Å²) < 4.78 is 18.7. The van der Waals surface area contributed by atoms with Crippen molar-refractivity contribution in [1.29, 1.82) is 0 Å². The first kappa shape index (κ1) is 17.2. The predicted octanol–water partition coefficient (Wildman–Crippen LogP) is 4.26. The molecule has 10 heteroatoms. The fourth-order valence-electron chi connectivity index (χ4n) is 2.00. The number of rotatable bonds is 5. The first-order valence-corrected chi connectivity index (χ1v) is 8.21. The summed E-state index contributed by atoms with van der Waals surface area (Å²) in [7, 11) is 0. The molecule has 0 spiro atoms. The monoisotopic (exact) mass is 381 g/mol. The summed E-state index contributed by atoms with van der Waals surface area (Å²) in [5, 5.41) is 14.0. The lowest BCUT2D eigenvalue weighted by Gasteiger charge is -2.04. The van der Waals surface area contributed by atoms with Crippen LogP contribution in [0.2, 0.25) is 5.02 Å². The number of amides is 1. The lowest BCUT2D eigenvalue weighted by atomic mass is 10.2. The molecule has 0 unspecified atom stereocenters. The van der Waals surface area contributed by atoms with Crippen LogP contribution in [-0.2, 0) is 4.79 Å². The second kappa shape index (κ2) is 7.08. The average molecular weight is 382 g/mol. The molecule has 1 aromatic heterocycles. The highest BCUT2D eigenvalue weighted by Crippen LogP contribution is 2.26. The summed E-state index contributed by atoms with van der Waals surface area (Å²) >= 11 is 6.92. The maximum absolute atomic E-state index is 13.3. The Labute approximate surface area is 149 Å². The SMILES string of the molecule is O=C(CSc1nc2cc(Cl)ccc2o1)Nc1ccc(F)c([N+](=O)[O-])c1. The maximum atomic E-state index is 13.3. The van der Waals surface area contributed by atoms with E-state index in [2.05, 4.69) is 10.3 Å². The van der Waals surface area contributed by atoms with E-state index < -0.39 is 22.3 Å². The number of oxazole rings is 1. The molecule has 1 heterocycles. The van der Waals surface area contributed by atoms with Gasteiger partial charge in [-0.15, -0.1) is 0 Å². The van der Waals surface area contributed by atoms with Crippen LogP contribution in [0, 0.1) is 15.9 Å². The number of fused-ring (bicyclic) bond motifs is 1. The first-order valence-electron chi connectivity index (χ1n) is 6.85. The van der Waals surface area contributed by atoms with Crippen molar-refractivity contribution >= 4 is 51.7 Å². The Balaban J connectivity index is 1.64. The first-order chi connectivity index (χ1) is 11.9.